The van der Waals surface area contributed by atoms with Crippen molar-refractivity contribution in [2.24, 2.45) is 0 Å². The van der Waals surface area contributed by atoms with Gasteiger partial charge in [-0.05, 0) is 18.2 Å². The van der Waals surface area contributed by atoms with Crippen molar-refractivity contribution < 1.29 is 13.6 Å². The van der Waals surface area contributed by atoms with Crippen molar-refractivity contribution in [1.82, 2.24) is 10.2 Å². The van der Waals surface area contributed by atoms with Gasteiger partial charge < -0.3 is 5.32 Å². The Hall–Kier alpha value is -3.09. The highest BCUT2D eigenvalue weighted by Gasteiger charge is 2.14. The van der Waals surface area contributed by atoms with Gasteiger partial charge in [0.25, 0.3) is 11.5 Å². The van der Waals surface area contributed by atoms with Crippen LogP contribution in [0, 0.1) is 11.6 Å². The van der Waals surface area contributed by atoms with Crippen molar-refractivity contribution in [2.45, 2.75) is 0 Å². The van der Waals surface area contributed by atoms with Gasteiger partial charge in [-0.15, -0.1) is 0 Å². The Bertz CT molecular complexity index is 917. The molecule has 110 valence electrons. The van der Waals surface area contributed by atoms with Crippen molar-refractivity contribution in [3.05, 3.63) is 70.1 Å². The molecule has 5 nitrogen and oxygen atoms in total. The maximum atomic E-state index is 13.1. The van der Waals surface area contributed by atoms with E-state index in [9.17, 15) is 18.4 Å². The van der Waals surface area contributed by atoms with Gasteiger partial charge in [-0.2, -0.15) is 5.10 Å². The Balaban J connectivity index is 2.03. The number of carbonyl (C=O) groups excluding carboxylic acids is 1. The monoisotopic (exact) mass is 301 g/mol. The summed E-state index contributed by atoms with van der Waals surface area (Å²) in [7, 11) is 0. The molecule has 2 N–H and O–H groups in total. The summed E-state index contributed by atoms with van der Waals surface area (Å²) in [6.45, 7) is 0. The van der Waals surface area contributed by atoms with Crippen molar-refractivity contribution in [2.75, 3.05) is 5.32 Å². The molecule has 1 amide bonds. The summed E-state index contributed by atoms with van der Waals surface area (Å²) >= 11 is 0. The third-order valence-electron chi connectivity index (χ3n) is 3.03. The van der Waals surface area contributed by atoms with E-state index in [-0.39, 0.29) is 11.4 Å². The van der Waals surface area contributed by atoms with Crippen LogP contribution in [0.1, 0.15) is 10.5 Å². The number of rotatable bonds is 2. The van der Waals surface area contributed by atoms with Gasteiger partial charge in [0.15, 0.2) is 5.69 Å². The first-order chi connectivity index (χ1) is 10.5. The van der Waals surface area contributed by atoms with Gasteiger partial charge in [0.2, 0.25) is 0 Å². The molecule has 0 atom stereocenters. The van der Waals surface area contributed by atoms with E-state index in [0.29, 0.717) is 16.8 Å². The quantitative estimate of drug-likeness (QED) is 0.763. The molecule has 0 saturated carbocycles. The second kappa shape index (κ2) is 5.36. The molecule has 0 saturated heterocycles. The van der Waals surface area contributed by atoms with Crippen LogP contribution in [-0.4, -0.2) is 16.1 Å². The van der Waals surface area contributed by atoms with E-state index in [0.717, 1.165) is 12.1 Å². The number of carbonyl (C=O) groups is 1. The lowest BCUT2D eigenvalue weighted by Gasteiger charge is -2.07. The standard InChI is InChI=1S/C15H9F2N3O2/c16-8-5-9(17)7-10(6-8)18-15(22)13-11-3-1-2-4-12(11)14(21)20-19-13/h1-7H,(H,18,22)(H,20,21). The van der Waals surface area contributed by atoms with Gasteiger partial charge in [-0.3, -0.25) is 9.59 Å². The number of H-pyrrole nitrogens is 1. The van der Waals surface area contributed by atoms with E-state index in [1.165, 1.54) is 0 Å². The van der Waals surface area contributed by atoms with E-state index in [2.05, 4.69) is 15.5 Å². The Kier molecular flexibility index (Phi) is 3.38. The molecule has 0 unspecified atom stereocenters. The number of hydrogen-bond donors (Lipinski definition) is 2. The Morgan fingerprint density at radius 1 is 1.05 bits per heavy atom. The zero-order chi connectivity index (χ0) is 15.7. The van der Waals surface area contributed by atoms with E-state index >= 15 is 0 Å². The minimum atomic E-state index is -0.811. The van der Waals surface area contributed by atoms with Crippen LogP contribution in [0.15, 0.2) is 47.3 Å². The first kappa shape index (κ1) is 13.9. The lowest BCUT2D eigenvalue weighted by Crippen LogP contribution is -2.19. The van der Waals surface area contributed by atoms with Gasteiger partial charge in [0.05, 0.1) is 5.39 Å². The average molecular weight is 301 g/mol. The number of aromatic amines is 1. The number of anilines is 1. The minimum Gasteiger partial charge on any atom is -0.320 e. The summed E-state index contributed by atoms with van der Waals surface area (Å²) in [5.74, 6) is -2.30. The number of aromatic nitrogens is 2. The maximum absolute atomic E-state index is 13.1. The number of benzene rings is 2. The van der Waals surface area contributed by atoms with E-state index < -0.39 is 23.1 Å². The van der Waals surface area contributed by atoms with E-state index in [1.807, 2.05) is 0 Å². The molecule has 1 heterocycles. The molecule has 2 aromatic carbocycles. The Labute approximate surface area is 122 Å². The fourth-order valence-corrected chi connectivity index (χ4v) is 2.10. The zero-order valence-electron chi connectivity index (χ0n) is 11.1. The van der Waals surface area contributed by atoms with Gasteiger partial charge in [0.1, 0.15) is 11.6 Å². The highest BCUT2D eigenvalue weighted by Crippen LogP contribution is 2.16. The predicted molar refractivity (Wildman–Crippen MR) is 76.7 cm³/mol. The normalized spacial score (nSPS) is 10.6. The second-order valence-electron chi connectivity index (χ2n) is 4.56. The van der Waals surface area contributed by atoms with Crippen LogP contribution >= 0.6 is 0 Å². The topological polar surface area (TPSA) is 74.8 Å². The molecule has 7 heteroatoms. The highest BCUT2D eigenvalue weighted by atomic mass is 19.1. The van der Waals surface area contributed by atoms with Crippen molar-refractivity contribution in [3.63, 3.8) is 0 Å². The van der Waals surface area contributed by atoms with Gasteiger partial charge in [0, 0.05) is 17.1 Å². The first-order valence-electron chi connectivity index (χ1n) is 6.29. The fraction of sp³-hybridized carbons (Fsp3) is 0. The van der Waals surface area contributed by atoms with Crippen molar-refractivity contribution >= 4 is 22.4 Å². The molecule has 0 aliphatic heterocycles. The molecule has 3 aromatic rings. The predicted octanol–water partition coefficient (Wildman–Crippen LogP) is 2.45. The second-order valence-corrected chi connectivity index (χ2v) is 4.56. The lowest BCUT2D eigenvalue weighted by molar-refractivity contribution is 0.102. The molecule has 0 radical (unpaired) electrons. The third kappa shape index (κ3) is 2.56. The number of nitrogens with one attached hydrogen (secondary N) is 2. The SMILES string of the molecule is O=C(Nc1cc(F)cc(F)c1)c1n[nH]c(=O)c2ccccc12. The van der Waals surface area contributed by atoms with Crippen LogP contribution in [0.4, 0.5) is 14.5 Å². The molecule has 3 rings (SSSR count). The largest absolute Gasteiger partial charge is 0.320 e. The number of amides is 1. The lowest BCUT2D eigenvalue weighted by atomic mass is 10.1. The van der Waals surface area contributed by atoms with Crippen LogP contribution < -0.4 is 10.9 Å². The third-order valence-corrected chi connectivity index (χ3v) is 3.03. The summed E-state index contributed by atoms with van der Waals surface area (Å²) in [5, 5.41) is 8.92. The number of halogens is 2. The number of fused-ring (bicyclic) bond motifs is 1. The van der Waals surface area contributed by atoms with Gasteiger partial charge >= 0.3 is 0 Å². The minimum absolute atomic E-state index is 0.0418. The summed E-state index contributed by atoms with van der Waals surface area (Å²) in [5.41, 5.74) is -0.511. The maximum Gasteiger partial charge on any atom is 0.276 e. The van der Waals surface area contributed by atoms with Crippen molar-refractivity contribution in [1.29, 1.82) is 0 Å². The Morgan fingerprint density at radius 2 is 1.68 bits per heavy atom. The van der Waals surface area contributed by atoms with Crippen molar-refractivity contribution in [3.8, 4) is 0 Å². The number of nitrogens with zero attached hydrogens (tertiary/aromatic N) is 1. The van der Waals surface area contributed by atoms with Crippen LogP contribution in [0.25, 0.3) is 10.8 Å². The molecule has 0 aliphatic carbocycles. The zero-order valence-corrected chi connectivity index (χ0v) is 11.1. The average Bonchev–Trinajstić information content (AvgIpc) is 2.46. The van der Waals surface area contributed by atoms with Crippen LogP contribution in [-0.2, 0) is 0 Å². The Morgan fingerprint density at radius 3 is 2.36 bits per heavy atom. The molecule has 0 bridgehead atoms. The van der Waals surface area contributed by atoms with Crippen LogP contribution in [0.5, 0.6) is 0 Å². The van der Waals surface area contributed by atoms with Gasteiger partial charge in [-0.1, -0.05) is 18.2 Å². The number of hydrogen-bond acceptors (Lipinski definition) is 3. The smallest absolute Gasteiger partial charge is 0.276 e. The summed E-state index contributed by atoms with van der Waals surface area (Å²) in [6, 6.07) is 9.09. The fourth-order valence-electron chi connectivity index (χ4n) is 2.10. The molecular weight excluding hydrogens is 292 g/mol. The van der Waals surface area contributed by atoms with Gasteiger partial charge in [-0.25, -0.2) is 13.9 Å². The summed E-state index contributed by atoms with van der Waals surface area (Å²) < 4.78 is 26.3. The van der Waals surface area contributed by atoms with E-state index in [1.54, 1.807) is 24.3 Å². The molecular formula is C15H9F2N3O2. The molecule has 0 spiro atoms. The highest BCUT2D eigenvalue weighted by molar-refractivity contribution is 6.11. The van der Waals surface area contributed by atoms with Crippen LogP contribution in [0.3, 0.4) is 0 Å². The first-order valence-corrected chi connectivity index (χ1v) is 6.29. The summed E-state index contributed by atoms with van der Waals surface area (Å²) in [4.78, 5) is 23.9. The van der Waals surface area contributed by atoms with Crippen LogP contribution in [0.2, 0.25) is 0 Å². The molecule has 22 heavy (non-hydrogen) atoms. The molecule has 1 aromatic heterocycles. The van der Waals surface area contributed by atoms with E-state index in [4.69, 9.17) is 0 Å². The summed E-state index contributed by atoms with van der Waals surface area (Å²) in [6.07, 6.45) is 0. The molecule has 0 aliphatic rings. The molecule has 0 fully saturated rings.